The number of rotatable bonds is 6. The Hall–Kier alpha value is -2.33. The number of aryl methyl sites for hydroxylation is 2. The molecule has 0 bridgehead atoms. The van der Waals surface area contributed by atoms with Gasteiger partial charge in [-0.05, 0) is 42.7 Å². The van der Waals surface area contributed by atoms with Crippen molar-refractivity contribution in [2.24, 2.45) is 0 Å². The zero-order valence-electron chi connectivity index (χ0n) is 14.0. The first-order valence-corrected chi connectivity index (χ1v) is 8.94. The van der Waals surface area contributed by atoms with Crippen LogP contribution >= 0.6 is 11.3 Å². The van der Waals surface area contributed by atoms with Gasteiger partial charge >= 0.3 is 0 Å². The Kier molecular flexibility index (Phi) is 5.16. The van der Waals surface area contributed by atoms with Crippen LogP contribution in [0.3, 0.4) is 0 Å². The highest BCUT2D eigenvalue weighted by atomic mass is 32.1. The van der Waals surface area contributed by atoms with Crippen molar-refractivity contribution in [3.63, 3.8) is 0 Å². The average molecular weight is 339 g/mol. The van der Waals surface area contributed by atoms with E-state index < -0.39 is 0 Å². The summed E-state index contributed by atoms with van der Waals surface area (Å²) in [6.45, 7) is 5.23. The highest BCUT2D eigenvalue weighted by Gasteiger charge is 2.20. The van der Waals surface area contributed by atoms with Crippen molar-refractivity contribution in [1.29, 1.82) is 0 Å². The van der Waals surface area contributed by atoms with E-state index in [4.69, 9.17) is 4.42 Å². The van der Waals surface area contributed by atoms with Crippen LogP contribution in [0, 0.1) is 6.92 Å². The molecule has 0 aliphatic heterocycles. The maximum atomic E-state index is 13.1. The molecular formula is C20H21NO2S. The molecule has 3 nitrogen and oxygen atoms in total. The predicted molar refractivity (Wildman–Crippen MR) is 97.2 cm³/mol. The SMILES string of the molecule is CCc1sc(C(=O)N(Cc2ccccc2)Cc2ccco2)cc1C. The average Bonchev–Trinajstić information content (AvgIpc) is 3.24. The number of nitrogens with zero attached hydrogens (tertiary/aromatic N) is 1. The third-order valence-electron chi connectivity index (χ3n) is 3.98. The third kappa shape index (κ3) is 3.77. The van der Waals surface area contributed by atoms with Crippen LogP contribution in [0.4, 0.5) is 0 Å². The summed E-state index contributed by atoms with van der Waals surface area (Å²) in [5, 5.41) is 0. The largest absolute Gasteiger partial charge is 0.467 e. The summed E-state index contributed by atoms with van der Waals surface area (Å²) in [7, 11) is 0. The molecule has 4 heteroatoms. The molecule has 0 radical (unpaired) electrons. The van der Waals surface area contributed by atoms with Crippen molar-refractivity contribution >= 4 is 17.2 Å². The molecule has 3 aromatic rings. The quantitative estimate of drug-likeness (QED) is 0.629. The van der Waals surface area contributed by atoms with Crippen LogP contribution in [0.2, 0.25) is 0 Å². The number of furan rings is 1. The fourth-order valence-corrected chi connectivity index (χ4v) is 3.81. The molecule has 0 unspecified atom stereocenters. The van der Waals surface area contributed by atoms with E-state index in [-0.39, 0.29) is 5.91 Å². The maximum Gasteiger partial charge on any atom is 0.264 e. The predicted octanol–water partition coefficient (Wildman–Crippen LogP) is 5.05. The highest BCUT2D eigenvalue weighted by molar-refractivity contribution is 7.14. The molecule has 1 amide bonds. The number of hydrogen-bond donors (Lipinski definition) is 0. The molecule has 1 aromatic carbocycles. The first kappa shape index (κ1) is 16.5. The molecule has 0 spiro atoms. The topological polar surface area (TPSA) is 33.5 Å². The lowest BCUT2D eigenvalue weighted by Gasteiger charge is -2.21. The van der Waals surface area contributed by atoms with Gasteiger partial charge in [0.1, 0.15) is 5.76 Å². The fourth-order valence-electron chi connectivity index (χ4n) is 2.73. The van der Waals surface area contributed by atoms with Crippen LogP contribution in [0.15, 0.2) is 59.2 Å². The van der Waals surface area contributed by atoms with Gasteiger partial charge in [0.25, 0.3) is 5.91 Å². The second-order valence-electron chi connectivity index (χ2n) is 5.80. The lowest BCUT2D eigenvalue weighted by atomic mass is 10.2. The molecule has 0 saturated carbocycles. The normalized spacial score (nSPS) is 10.8. The number of carbonyl (C=O) groups is 1. The Morgan fingerprint density at radius 2 is 1.92 bits per heavy atom. The smallest absolute Gasteiger partial charge is 0.264 e. The number of hydrogen-bond acceptors (Lipinski definition) is 3. The highest BCUT2D eigenvalue weighted by Crippen LogP contribution is 2.25. The molecule has 24 heavy (non-hydrogen) atoms. The Labute approximate surface area is 146 Å². The Bertz CT molecular complexity index is 790. The number of thiophene rings is 1. The van der Waals surface area contributed by atoms with Gasteiger partial charge in [-0.25, -0.2) is 0 Å². The third-order valence-corrected chi connectivity index (χ3v) is 5.35. The molecule has 0 fully saturated rings. The van der Waals surface area contributed by atoms with Crippen LogP contribution < -0.4 is 0 Å². The van der Waals surface area contributed by atoms with E-state index >= 15 is 0 Å². The summed E-state index contributed by atoms with van der Waals surface area (Å²) in [5.41, 5.74) is 2.31. The van der Waals surface area contributed by atoms with Crippen molar-refractivity contribution in [3.05, 3.63) is 81.4 Å². The van der Waals surface area contributed by atoms with Gasteiger partial charge in [0.05, 0.1) is 17.7 Å². The van der Waals surface area contributed by atoms with E-state index in [1.165, 1.54) is 10.4 Å². The van der Waals surface area contributed by atoms with Gasteiger partial charge in [-0.1, -0.05) is 37.3 Å². The van der Waals surface area contributed by atoms with Crippen molar-refractivity contribution < 1.29 is 9.21 Å². The molecule has 0 aliphatic rings. The Morgan fingerprint density at radius 3 is 2.54 bits per heavy atom. The van der Waals surface area contributed by atoms with Gasteiger partial charge < -0.3 is 9.32 Å². The summed E-state index contributed by atoms with van der Waals surface area (Å²) < 4.78 is 5.45. The van der Waals surface area contributed by atoms with Crippen molar-refractivity contribution in [2.75, 3.05) is 0 Å². The monoisotopic (exact) mass is 339 g/mol. The molecule has 2 heterocycles. The van der Waals surface area contributed by atoms with E-state index in [1.54, 1.807) is 17.6 Å². The van der Waals surface area contributed by atoms with Gasteiger partial charge in [-0.2, -0.15) is 0 Å². The molecule has 0 N–H and O–H groups in total. The van der Waals surface area contributed by atoms with Crippen LogP contribution in [0.25, 0.3) is 0 Å². The first-order valence-electron chi connectivity index (χ1n) is 8.12. The van der Waals surface area contributed by atoms with Gasteiger partial charge in [0.15, 0.2) is 0 Å². The molecule has 3 rings (SSSR count). The zero-order valence-corrected chi connectivity index (χ0v) is 14.8. The van der Waals surface area contributed by atoms with Crippen LogP contribution in [0.1, 0.15) is 38.4 Å². The minimum atomic E-state index is 0.0584. The lowest BCUT2D eigenvalue weighted by Crippen LogP contribution is -2.29. The van der Waals surface area contributed by atoms with E-state index in [0.717, 1.165) is 22.6 Å². The standard InChI is InChI=1S/C20H21NO2S/c1-3-18-15(2)12-19(24-18)20(22)21(14-17-10-7-11-23-17)13-16-8-5-4-6-9-16/h4-12H,3,13-14H2,1-2H3. The van der Waals surface area contributed by atoms with Gasteiger partial charge in [-0.15, -0.1) is 11.3 Å². The summed E-state index contributed by atoms with van der Waals surface area (Å²) >= 11 is 1.60. The van der Waals surface area contributed by atoms with Gasteiger partial charge in [0.2, 0.25) is 0 Å². The van der Waals surface area contributed by atoms with Crippen LogP contribution in [-0.2, 0) is 19.5 Å². The van der Waals surface area contributed by atoms with E-state index in [2.05, 4.69) is 13.8 Å². The van der Waals surface area contributed by atoms with E-state index in [0.29, 0.717) is 13.1 Å². The molecule has 0 atom stereocenters. The number of carbonyl (C=O) groups excluding carboxylic acids is 1. The Balaban J connectivity index is 1.86. The summed E-state index contributed by atoms with van der Waals surface area (Å²) in [4.78, 5) is 17.0. The van der Waals surface area contributed by atoms with Gasteiger partial charge in [-0.3, -0.25) is 4.79 Å². The summed E-state index contributed by atoms with van der Waals surface area (Å²) in [6, 6.07) is 15.8. The molecular weight excluding hydrogens is 318 g/mol. The zero-order chi connectivity index (χ0) is 16.9. The summed E-state index contributed by atoms with van der Waals surface area (Å²) in [6.07, 6.45) is 2.60. The number of amides is 1. The van der Waals surface area contributed by atoms with E-state index in [1.807, 2.05) is 53.4 Å². The molecule has 0 aliphatic carbocycles. The second kappa shape index (κ2) is 7.49. The van der Waals surface area contributed by atoms with Crippen molar-refractivity contribution in [3.8, 4) is 0 Å². The fraction of sp³-hybridized carbons (Fsp3) is 0.250. The maximum absolute atomic E-state index is 13.1. The molecule has 2 aromatic heterocycles. The molecule has 124 valence electrons. The second-order valence-corrected chi connectivity index (χ2v) is 6.93. The summed E-state index contributed by atoms with van der Waals surface area (Å²) in [5.74, 6) is 0.853. The molecule has 0 saturated heterocycles. The first-order chi connectivity index (χ1) is 11.7. The van der Waals surface area contributed by atoms with Crippen molar-refractivity contribution in [1.82, 2.24) is 4.90 Å². The van der Waals surface area contributed by atoms with E-state index in [9.17, 15) is 4.79 Å². The number of benzene rings is 1. The van der Waals surface area contributed by atoms with Crippen molar-refractivity contribution in [2.45, 2.75) is 33.4 Å². The minimum Gasteiger partial charge on any atom is -0.467 e. The Morgan fingerprint density at radius 1 is 1.12 bits per heavy atom. The van der Waals surface area contributed by atoms with Crippen LogP contribution in [-0.4, -0.2) is 10.8 Å². The van der Waals surface area contributed by atoms with Gasteiger partial charge in [0, 0.05) is 11.4 Å². The minimum absolute atomic E-state index is 0.0584. The van der Waals surface area contributed by atoms with Crippen LogP contribution in [0.5, 0.6) is 0 Å². The lowest BCUT2D eigenvalue weighted by molar-refractivity contribution is 0.0722.